The van der Waals surface area contributed by atoms with Crippen LogP contribution in [0.3, 0.4) is 0 Å². The molecule has 7 heteroatoms. The predicted molar refractivity (Wildman–Crippen MR) is 94.0 cm³/mol. The van der Waals surface area contributed by atoms with Gasteiger partial charge in [0.05, 0.1) is 10.9 Å². The molecule has 0 radical (unpaired) electrons. The third kappa shape index (κ3) is 3.75. The van der Waals surface area contributed by atoms with Crippen LogP contribution >= 0.6 is 34.5 Å². The Kier molecular flexibility index (Phi) is 5.02. The number of hydrogen-bond acceptors (Lipinski definition) is 5. The van der Waals surface area contributed by atoms with Crippen molar-refractivity contribution in [2.75, 3.05) is 0 Å². The zero-order chi connectivity index (χ0) is 16.4. The van der Waals surface area contributed by atoms with Crippen LogP contribution in [-0.2, 0) is 0 Å². The lowest BCUT2D eigenvalue weighted by atomic mass is 10.1. The van der Waals surface area contributed by atoms with E-state index in [1.54, 1.807) is 17.4 Å². The van der Waals surface area contributed by atoms with Crippen molar-refractivity contribution in [3.05, 3.63) is 57.2 Å². The summed E-state index contributed by atoms with van der Waals surface area (Å²) in [6.07, 6.45) is 0. The van der Waals surface area contributed by atoms with E-state index in [2.05, 4.69) is 15.5 Å². The molecular weight excluding hydrogens is 353 g/mol. The van der Waals surface area contributed by atoms with Crippen LogP contribution in [0.2, 0.25) is 10.0 Å². The first-order valence-electron chi connectivity index (χ1n) is 7.13. The largest absolute Gasteiger partial charge is 0.418 e. The number of nitrogens with one attached hydrogen (secondary N) is 1. The molecule has 120 valence electrons. The van der Waals surface area contributed by atoms with Crippen molar-refractivity contribution in [3.63, 3.8) is 0 Å². The Hall–Kier alpha value is -1.40. The molecule has 2 aromatic heterocycles. The van der Waals surface area contributed by atoms with Crippen molar-refractivity contribution in [3.8, 4) is 10.8 Å². The van der Waals surface area contributed by atoms with Crippen LogP contribution in [0.4, 0.5) is 0 Å². The molecular formula is C16H15Cl2N3OS. The first-order valence-corrected chi connectivity index (χ1v) is 8.76. The number of hydrogen-bond donors (Lipinski definition) is 1. The molecule has 3 aromatic rings. The second-order valence-electron chi connectivity index (χ2n) is 5.20. The van der Waals surface area contributed by atoms with Crippen LogP contribution < -0.4 is 5.32 Å². The van der Waals surface area contributed by atoms with Crippen LogP contribution in [0.1, 0.15) is 37.4 Å². The van der Waals surface area contributed by atoms with Gasteiger partial charge in [0, 0.05) is 16.1 Å². The molecule has 4 nitrogen and oxygen atoms in total. The van der Waals surface area contributed by atoms with E-state index in [9.17, 15) is 0 Å². The van der Waals surface area contributed by atoms with Gasteiger partial charge in [-0.2, -0.15) is 0 Å². The Bertz CT molecular complexity index is 788. The average Bonchev–Trinajstić information content (AvgIpc) is 3.18. The van der Waals surface area contributed by atoms with Crippen LogP contribution in [-0.4, -0.2) is 10.2 Å². The third-order valence-electron chi connectivity index (χ3n) is 3.47. The second kappa shape index (κ2) is 7.01. The summed E-state index contributed by atoms with van der Waals surface area (Å²) in [5, 5.41) is 14.9. The van der Waals surface area contributed by atoms with E-state index in [1.165, 1.54) is 0 Å². The molecule has 23 heavy (non-hydrogen) atoms. The first kappa shape index (κ1) is 16.5. The van der Waals surface area contributed by atoms with Gasteiger partial charge in [-0.15, -0.1) is 21.5 Å². The Labute approximate surface area is 148 Å². The molecule has 2 atom stereocenters. The number of thiophene rings is 1. The van der Waals surface area contributed by atoms with Gasteiger partial charge in [0.15, 0.2) is 0 Å². The molecule has 3 rings (SSSR count). The SMILES string of the molecule is C[C@@H](N[C@H](C)c1ccc(Cl)cc1Cl)c1nnc(-c2cccs2)o1. The highest BCUT2D eigenvalue weighted by Crippen LogP contribution is 2.29. The molecule has 0 unspecified atom stereocenters. The lowest BCUT2D eigenvalue weighted by Crippen LogP contribution is -2.23. The normalized spacial score (nSPS) is 13.9. The highest BCUT2D eigenvalue weighted by Gasteiger charge is 2.19. The van der Waals surface area contributed by atoms with Crippen molar-refractivity contribution in [1.29, 1.82) is 0 Å². The van der Waals surface area contributed by atoms with Gasteiger partial charge in [0.2, 0.25) is 5.89 Å². The van der Waals surface area contributed by atoms with E-state index in [1.807, 2.05) is 43.5 Å². The van der Waals surface area contributed by atoms with Crippen LogP contribution in [0.25, 0.3) is 10.8 Å². The molecule has 0 amide bonds. The van der Waals surface area contributed by atoms with Crippen molar-refractivity contribution in [2.45, 2.75) is 25.9 Å². The third-order valence-corrected chi connectivity index (χ3v) is 4.89. The second-order valence-corrected chi connectivity index (χ2v) is 6.99. The van der Waals surface area contributed by atoms with Crippen LogP contribution in [0.5, 0.6) is 0 Å². The molecule has 0 saturated heterocycles. The number of benzene rings is 1. The highest BCUT2D eigenvalue weighted by atomic mass is 35.5. The molecule has 0 aliphatic heterocycles. The Morgan fingerprint density at radius 1 is 1.13 bits per heavy atom. The summed E-state index contributed by atoms with van der Waals surface area (Å²) in [5.74, 6) is 1.09. The minimum atomic E-state index is -0.0991. The molecule has 1 aromatic carbocycles. The Balaban J connectivity index is 1.72. The highest BCUT2D eigenvalue weighted by molar-refractivity contribution is 7.13. The molecule has 1 N–H and O–H groups in total. The van der Waals surface area contributed by atoms with Gasteiger partial charge >= 0.3 is 0 Å². The summed E-state index contributed by atoms with van der Waals surface area (Å²) < 4.78 is 5.75. The quantitative estimate of drug-likeness (QED) is 0.645. The fourth-order valence-electron chi connectivity index (χ4n) is 2.30. The van der Waals surface area contributed by atoms with E-state index >= 15 is 0 Å². The van der Waals surface area contributed by atoms with E-state index in [0.29, 0.717) is 21.8 Å². The summed E-state index contributed by atoms with van der Waals surface area (Å²) in [6.45, 7) is 4.01. The van der Waals surface area contributed by atoms with Crippen LogP contribution in [0, 0.1) is 0 Å². The van der Waals surface area contributed by atoms with Gasteiger partial charge in [-0.25, -0.2) is 0 Å². The fraction of sp³-hybridized carbons (Fsp3) is 0.250. The van der Waals surface area contributed by atoms with Gasteiger partial charge in [-0.3, -0.25) is 5.32 Å². The topological polar surface area (TPSA) is 51.0 Å². The number of aromatic nitrogens is 2. The lowest BCUT2D eigenvalue weighted by molar-refractivity contribution is 0.395. The zero-order valence-electron chi connectivity index (χ0n) is 12.6. The van der Waals surface area contributed by atoms with E-state index in [0.717, 1.165) is 10.4 Å². The van der Waals surface area contributed by atoms with Gasteiger partial charge in [-0.1, -0.05) is 35.3 Å². The minimum Gasteiger partial charge on any atom is -0.418 e. The standard InChI is InChI=1S/C16H15Cl2N3OS/c1-9(12-6-5-11(17)8-13(12)18)19-10(2)15-20-21-16(22-15)14-4-3-7-23-14/h3-10,19H,1-2H3/t9-,10-/m1/s1. The molecule has 2 heterocycles. The molecule has 0 fully saturated rings. The summed E-state index contributed by atoms with van der Waals surface area (Å²) in [7, 11) is 0. The van der Waals surface area contributed by atoms with E-state index in [4.69, 9.17) is 27.6 Å². The van der Waals surface area contributed by atoms with Gasteiger partial charge in [0.1, 0.15) is 0 Å². The monoisotopic (exact) mass is 367 g/mol. The smallest absolute Gasteiger partial charge is 0.257 e. The number of halogens is 2. The maximum Gasteiger partial charge on any atom is 0.257 e. The summed E-state index contributed by atoms with van der Waals surface area (Å²) >= 11 is 13.8. The Morgan fingerprint density at radius 3 is 2.65 bits per heavy atom. The Morgan fingerprint density at radius 2 is 1.96 bits per heavy atom. The molecule has 0 aliphatic carbocycles. The van der Waals surface area contributed by atoms with Crippen molar-refractivity contribution in [2.24, 2.45) is 0 Å². The minimum absolute atomic E-state index is 0.0202. The van der Waals surface area contributed by atoms with E-state index < -0.39 is 0 Å². The predicted octanol–water partition coefficient (Wildman–Crippen LogP) is 5.52. The summed E-state index contributed by atoms with van der Waals surface area (Å²) in [4.78, 5) is 0.963. The summed E-state index contributed by atoms with van der Waals surface area (Å²) in [5.41, 5.74) is 0.973. The lowest BCUT2D eigenvalue weighted by Gasteiger charge is -2.19. The van der Waals surface area contributed by atoms with E-state index in [-0.39, 0.29) is 12.1 Å². The molecule has 0 bridgehead atoms. The summed E-state index contributed by atoms with van der Waals surface area (Å²) in [6, 6.07) is 9.31. The zero-order valence-corrected chi connectivity index (χ0v) is 14.9. The average molecular weight is 368 g/mol. The molecule has 0 aliphatic rings. The number of nitrogens with zero attached hydrogens (tertiary/aromatic N) is 2. The van der Waals surface area contributed by atoms with Gasteiger partial charge in [0.25, 0.3) is 5.89 Å². The maximum atomic E-state index is 6.25. The molecule has 0 saturated carbocycles. The fourth-order valence-corrected chi connectivity index (χ4v) is 3.51. The van der Waals surface area contributed by atoms with Crippen molar-refractivity contribution >= 4 is 34.5 Å². The van der Waals surface area contributed by atoms with Crippen molar-refractivity contribution < 1.29 is 4.42 Å². The van der Waals surface area contributed by atoms with Gasteiger partial charge < -0.3 is 4.42 Å². The molecule has 0 spiro atoms. The maximum absolute atomic E-state index is 6.25. The van der Waals surface area contributed by atoms with Gasteiger partial charge in [-0.05, 0) is 43.0 Å². The van der Waals surface area contributed by atoms with Crippen molar-refractivity contribution in [1.82, 2.24) is 15.5 Å². The van der Waals surface area contributed by atoms with Crippen LogP contribution in [0.15, 0.2) is 40.1 Å². The number of rotatable bonds is 5. The first-order chi connectivity index (χ1) is 11.0.